The van der Waals surface area contributed by atoms with Gasteiger partial charge in [-0.15, -0.1) is 0 Å². The quantitative estimate of drug-likeness (QED) is 0.267. The molecule has 32 heavy (non-hydrogen) atoms. The van der Waals surface area contributed by atoms with E-state index in [2.05, 4.69) is 108 Å². The summed E-state index contributed by atoms with van der Waals surface area (Å²) >= 11 is 2.32. The van der Waals surface area contributed by atoms with Crippen molar-refractivity contribution in [3.63, 3.8) is 0 Å². The molecule has 0 aliphatic rings. The van der Waals surface area contributed by atoms with Gasteiger partial charge in [0.15, 0.2) is 5.82 Å². The zero-order valence-electron chi connectivity index (χ0n) is 18.3. The molecule has 0 bridgehead atoms. The van der Waals surface area contributed by atoms with Crippen LogP contribution in [-0.4, -0.2) is 23.1 Å². The maximum atomic E-state index is 5.91. The second-order valence-electron chi connectivity index (χ2n) is 8.64. The molecule has 1 aromatic heterocycles. The topological polar surface area (TPSA) is 63.8 Å². The average Bonchev–Trinajstić information content (AvgIpc) is 2.82. The van der Waals surface area contributed by atoms with Crippen LogP contribution in [0.1, 0.15) is 25.2 Å². The van der Waals surface area contributed by atoms with Gasteiger partial charge < -0.3 is 11.1 Å². The van der Waals surface area contributed by atoms with E-state index >= 15 is 0 Å². The molecule has 0 atom stereocenters. The van der Waals surface area contributed by atoms with E-state index < -0.39 is 0 Å². The molecule has 4 nitrogen and oxygen atoms in total. The Hall–Kier alpha value is -2.77. The van der Waals surface area contributed by atoms with E-state index in [-0.39, 0.29) is 5.41 Å². The zero-order valence-corrected chi connectivity index (χ0v) is 20.5. The number of aromatic nitrogens is 2. The van der Waals surface area contributed by atoms with Crippen molar-refractivity contribution >= 4 is 51.5 Å². The van der Waals surface area contributed by atoms with Gasteiger partial charge in [-0.2, -0.15) is 0 Å². The number of fused-ring (bicyclic) bond motifs is 1. The van der Waals surface area contributed by atoms with E-state index in [9.17, 15) is 0 Å². The highest BCUT2D eigenvalue weighted by Gasteiger charge is 2.16. The number of hydrogen-bond donors (Lipinski definition) is 2. The predicted octanol–water partition coefficient (Wildman–Crippen LogP) is 6.47. The van der Waals surface area contributed by atoms with Crippen LogP contribution in [-0.2, 0) is 0 Å². The summed E-state index contributed by atoms with van der Waals surface area (Å²) in [7, 11) is 0. The molecule has 4 rings (SSSR count). The Morgan fingerprint density at radius 1 is 0.906 bits per heavy atom. The molecule has 0 amide bonds. The lowest BCUT2D eigenvalue weighted by molar-refractivity contribution is 0.405. The minimum atomic E-state index is -0.0181. The Bertz CT molecular complexity index is 1230. The average molecular weight is 534 g/mol. The first-order valence-electron chi connectivity index (χ1n) is 10.7. The lowest BCUT2D eigenvalue weighted by Crippen LogP contribution is -2.31. The standard InChI is InChI=1S/C27H27IN4/c1-27(2,17-29)18-30-26-23-16-22(28)13-14-24(23)31-25(32-26)15-10-19-8-11-21(12-9-19)20-6-4-3-5-7-20/h3-16H,17-18,29H2,1-2H3,(H,30,31,32). The van der Waals surface area contributed by atoms with Crippen molar-refractivity contribution in [1.29, 1.82) is 0 Å². The summed E-state index contributed by atoms with van der Waals surface area (Å²) in [5.74, 6) is 1.52. The number of nitrogens with two attached hydrogens (primary N) is 1. The summed E-state index contributed by atoms with van der Waals surface area (Å²) in [5.41, 5.74) is 10.3. The summed E-state index contributed by atoms with van der Waals surface area (Å²) in [4.78, 5) is 9.56. The van der Waals surface area contributed by atoms with Crippen LogP contribution in [0, 0.1) is 8.99 Å². The smallest absolute Gasteiger partial charge is 0.154 e. The zero-order chi connectivity index (χ0) is 22.6. The molecule has 162 valence electrons. The molecule has 3 N–H and O–H groups in total. The van der Waals surface area contributed by atoms with E-state index in [1.807, 2.05) is 18.2 Å². The molecule has 0 aliphatic heterocycles. The van der Waals surface area contributed by atoms with Gasteiger partial charge in [0.2, 0.25) is 0 Å². The van der Waals surface area contributed by atoms with Crippen molar-refractivity contribution in [3.8, 4) is 11.1 Å². The van der Waals surface area contributed by atoms with Gasteiger partial charge >= 0.3 is 0 Å². The second-order valence-corrected chi connectivity index (χ2v) is 9.88. The Morgan fingerprint density at radius 2 is 1.62 bits per heavy atom. The normalized spacial score (nSPS) is 11.9. The van der Waals surface area contributed by atoms with Gasteiger partial charge in [-0.05, 0) is 75.5 Å². The summed E-state index contributed by atoms with van der Waals surface area (Å²) < 4.78 is 1.15. The van der Waals surface area contributed by atoms with Crippen LogP contribution in [0.3, 0.4) is 0 Å². The Balaban J connectivity index is 1.61. The van der Waals surface area contributed by atoms with Gasteiger partial charge in [0, 0.05) is 15.5 Å². The van der Waals surface area contributed by atoms with Crippen molar-refractivity contribution in [2.45, 2.75) is 13.8 Å². The largest absolute Gasteiger partial charge is 0.369 e. The molecular weight excluding hydrogens is 507 g/mol. The highest BCUT2D eigenvalue weighted by molar-refractivity contribution is 14.1. The maximum absolute atomic E-state index is 5.91. The van der Waals surface area contributed by atoms with Gasteiger partial charge in [0.05, 0.1) is 5.52 Å². The van der Waals surface area contributed by atoms with E-state index in [0.717, 1.165) is 32.4 Å². The van der Waals surface area contributed by atoms with E-state index in [1.165, 1.54) is 11.1 Å². The highest BCUT2D eigenvalue weighted by atomic mass is 127. The van der Waals surface area contributed by atoms with E-state index in [1.54, 1.807) is 0 Å². The number of halogens is 1. The number of nitrogens with zero attached hydrogens (tertiary/aromatic N) is 2. The molecule has 3 aromatic carbocycles. The van der Waals surface area contributed by atoms with Crippen LogP contribution in [0.2, 0.25) is 0 Å². The Morgan fingerprint density at radius 3 is 2.34 bits per heavy atom. The molecule has 0 unspecified atom stereocenters. The molecule has 0 radical (unpaired) electrons. The molecular formula is C27H27IN4. The Kier molecular flexibility index (Phi) is 6.86. The van der Waals surface area contributed by atoms with Crippen molar-refractivity contribution in [1.82, 2.24) is 9.97 Å². The Labute approximate surface area is 203 Å². The van der Waals surface area contributed by atoms with Crippen LogP contribution in [0.15, 0.2) is 72.8 Å². The third-order valence-electron chi connectivity index (χ3n) is 5.40. The summed E-state index contributed by atoms with van der Waals surface area (Å²) in [5, 5.41) is 4.52. The fourth-order valence-electron chi connectivity index (χ4n) is 3.31. The van der Waals surface area contributed by atoms with Gasteiger partial charge in [-0.3, -0.25) is 0 Å². The van der Waals surface area contributed by atoms with Crippen LogP contribution in [0.25, 0.3) is 34.2 Å². The number of nitrogens with one attached hydrogen (secondary N) is 1. The summed E-state index contributed by atoms with van der Waals surface area (Å²) in [6, 6.07) is 25.1. The third kappa shape index (κ3) is 5.53. The summed E-state index contributed by atoms with van der Waals surface area (Å²) in [6.45, 7) is 5.64. The van der Waals surface area contributed by atoms with Gasteiger partial charge in [0.1, 0.15) is 5.82 Å². The van der Waals surface area contributed by atoms with Gasteiger partial charge in [-0.1, -0.05) is 74.5 Å². The first-order valence-corrected chi connectivity index (χ1v) is 11.8. The first-order chi connectivity index (χ1) is 15.4. The minimum absolute atomic E-state index is 0.0181. The second kappa shape index (κ2) is 9.79. The fraction of sp³-hybridized carbons (Fsp3) is 0.185. The molecule has 0 fully saturated rings. The van der Waals surface area contributed by atoms with Crippen molar-refractivity contribution < 1.29 is 0 Å². The highest BCUT2D eigenvalue weighted by Crippen LogP contribution is 2.25. The predicted molar refractivity (Wildman–Crippen MR) is 144 cm³/mol. The van der Waals surface area contributed by atoms with Crippen molar-refractivity contribution in [2.75, 3.05) is 18.4 Å². The lowest BCUT2D eigenvalue weighted by Gasteiger charge is -2.23. The number of anilines is 1. The molecule has 0 saturated heterocycles. The lowest BCUT2D eigenvalue weighted by atomic mass is 9.94. The van der Waals surface area contributed by atoms with E-state index in [0.29, 0.717) is 12.4 Å². The molecule has 0 aliphatic carbocycles. The van der Waals surface area contributed by atoms with Gasteiger partial charge in [0.25, 0.3) is 0 Å². The number of benzene rings is 3. The van der Waals surface area contributed by atoms with Crippen LogP contribution >= 0.6 is 22.6 Å². The number of hydrogen-bond acceptors (Lipinski definition) is 4. The third-order valence-corrected chi connectivity index (χ3v) is 6.08. The molecule has 0 saturated carbocycles. The van der Waals surface area contributed by atoms with Crippen LogP contribution in [0.4, 0.5) is 5.82 Å². The van der Waals surface area contributed by atoms with Crippen molar-refractivity contribution in [3.05, 3.63) is 87.8 Å². The summed E-state index contributed by atoms with van der Waals surface area (Å²) in [6.07, 6.45) is 4.02. The van der Waals surface area contributed by atoms with Gasteiger partial charge in [-0.25, -0.2) is 9.97 Å². The van der Waals surface area contributed by atoms with Crippen LogP contribution in [0.5, 0.6) is 0 Å². The molecule has 4 aromatic rings. The SMILES string of the molecule is CC(C)(CN)CNc1nc(C=Cc2ccc(-c3ccccc3)cc2)nc2ccc(I)cc12. The first kappa shape index (κ1) is 22.4. The molecule has 1 heterocycles. The van der Waals surface area contributed by atoms with Crippen molar-refractivity contribution in [2.24, 2.45) is 11.1 Å². The van der Waals surface area contributed by atoms with Crippen LogP contribution < -0.4 is 11.1 Å². The monoisotopic (exact) mass is 534 g/mol. The molecule has 0 spiro atoms. The minimum Gasteiger partial charge on any atom is -0.369 e. The molecule has 5 heteroatoms. The maximum Gasteiger partial charge on any atom is 0.154 e. The number of rotatable bonds is 7. The fourth-order valence-corrected chi connectivity index (χ4v) is 3.80. The van der Waals surface area contributed by atoms with E-state index in [4.69, 9.17) is 15.7 Å².